The summed E-state index contributed by atoms with van der Waals surface area (Å²) in [5, 5.41) is 10.6. The summed E-state index contributed by atoms with van der Waals surface area (Å²) >= 11 is 0. The highest BCUT2D eigenvalue weighted by atomic mass is 31.2. The molecule has 0 aromatic heterocycles. The van der Waals surface area contributed by atoms with E-state index in [1.54, 1.807) is 0 Å². The minimum absolute atomic E-state index is 0.106. The van der Waals surface area contributed by atoms with Gasteiger partial charge in [-0.2, -0.15) is 0 Å². The predicted molar refractivity (Wildman–Crippen MR) is 405 cm³/mol. The van der Waals surface area contributed by atoms with Crippen LogP contribution in [0.25, 0.3) is 0 Å². The van der Waals surface area contributed by atoms with Crippen molar-refractivity contribution in [1.82, 2.24) is 0 Å². The number of aliphatic hydroxyl groups is 1. The van der Waals surface area contributed by atoms with E-state index in [9.17, 15) is 43.2 Å². The molecule has 0 bridgehead atoms. The Morgan fingerprint density at radius 2 is 0.465 bits per heavy atom. The van der Waals surface area contributed by atoms with Gasteiger partial charge < -0.3 is 33.8 Å². The van der Waals surface area contributed by atoms with Gasteiger partial charge in [0.2, 0.25) is 0 Å². The van der Waals surface area contributed by atoms with E-state index in [0.717, 1.165) is 102 Å². The first-order valence-corrected chi connectivity index (χ1v) is 44.5. The monoisotopic (exact) mass is 1450 g/mol. The second kappa shape index (κ2) is 71.7. The Labute approximate surface area is 607 Å². The van der Waals surface area contributed by atoms with E-state index < -0.39 is 97.5 Å². The number of carbonyl (C=O) groups is 4. The van der Waals surface area contributed by atoms with Crippen molar-refractivity contribution in [3.8, 4) is 0 Å². The SMILES string of the molecule is CCCCCCCCCCCCCCCCCCCCCCCCC(=O)O[C@H](COC(=O)CCCCCCCCCCCCCCC(C)C)COP(=O)(O)OC[C@@H](O)COP(=O)(O)OC[C@@H](COC(=O)CCCCCCCCCCC)OC(=O)CCCCCCCCCCCCC(C)C. The molecule has 99 heavy (non-hydrogen) atoms. The molecule has 588 valence electrons. The molecular weight excluding hydrogens is 1290 g/mol. The van der Waals surface area contributed by atoms with Gasteiger partial charge in [0.05, 0.1) is 26.4 Å². The zero-order chi connectivity index (χ0) is 72.8. The fraction of sp³-hybridized carbons (Fsp3) is 0.950. The van der Waals surface area contributed by atoms with Gasteiger partial charge in [0, 0.05) is 25.7 Å². The van der Waals surface area contributed by atoms with Crippen LogP contribution in [0.15, 0.2) is 0 Å². The maximum atomic E-state index is 13.1. The quantitative estimate of drug-likeness (QED) is 0.0222. The van der Waals surface area contributed by atoms with Crippen LogP contribution < -0.4 is 0 Å². The lowest BCUT2D eigenvalue weighted by atomic mass is 10.0. The Hall–Kier alpha value is -1.94. The molecule has 0 heterocycles. The van der Waals surface area contributed by atoms with E-state index in [-0.39, 0.29) is 25.7 Å². The molecule has 0 aromatic rings. The number of aliphatic hydroxyl groups excluding tert-OH is 1. The van der Waals surface area contributed by atoms with Gasteiger partial charge in [-0.1, -0.05) is 369 Å². The Kier molecular flexibility index (Phi) is 70.3. The Morgan fingerprint density at radius 1 is 0.273 bits per heavy atom. The average Bonchev–Trinajstić information content (AvgIpc) is 1.48. The van der Waals surface area contributed by atoms with Crippen molar-refractivity contribution >= 4 is 39.5 Å². The van der Waals surface area contributed by atoms with Crippen molar-refractivity contribution in [2.24, 2.45) is 11.8 Å². The van der Waals surface area contributed by atoms with Crippen LogP contribution in [-0.4, -0.2) is 96.7 Å². The minimum Gasteiger partial charge on any atom is -0.462 e. The zero-order valence-corrected chi connectivity index (χ0v) is 66.6. The normalized spacial score (nSPS) is 13.9. The third-order valence-electron chi connectivity index (χ3n) is 18.7. The molecule has 0 aliphatic rings. The fourth-order valence-corrected chi connectivity index (χ4v) is 13.9. The molecule has 0 saturated carbocycles. The van der Waals surface area contributed by atoms with E-state index in [4.69, 9.17) is 37.0 Å². The molecule has 0 aliphatic carbocycles. The van der Waals surface area contributed by atoms with Crippen molar-refractivity contribution in [3.05, 3.63) is 0 Å². The lowest BCUT2D eigenvalue weighted by Gasteiger charge is -2.21. The van der Waals surface area contributed by atoms with Crippen LogP contribution in [0.4, 0.5) is 0 Å². The van der Waals surface area contributed by atoms with Crippen LogP contribution in [0.5, 0.6) is 0 Å². The summed E-state index contributed by atoms with van der Waals surface area (Å²) < 4.78 is 68.6. The molecule has 0 fully saturated rings. The van der Waals surface area contributed by atoms with Crippen molar-refractivity contribution in [2.45, 2.75) is 439 Å². The number of carbonyl (C=O) groups excluding carboxylic acids is 4. The number of hydrogen-bond acceptors (Lipinski definition) is 15. The smallest absolute Gasteiger partial charge is 0.462 e. The van der Waals surface area contributed by atoms with Gasteiger partial charge in [0.15, 0.2) is 12.2 Å². The first-order chi connectivity index (χ1) is 47.9. The molecule has 17 nitrogen and oxygen atoms in total. The molecule has 0 radical (unpaired) electrons. The number of unbranched alkanes of at least 4 members (excludes halogenated alkanes) is 49. The summed E-state index contributed by atoms with van der Waals surface area (Å²) in [5.41, 5.74) is 0. The van der Waals surface area contributed by atoms with E-state index in [0.29, 0.717) is 25.7 Å². The molecule has 0 aromatic carbocycles. The van der Waals surface area contributed by atoms with Gasteiger partial charge in [0.25, 0.3) is 0 Å². The van der Waals surface area contributed by atoms with Gasteiger partial charge in [0.1, 0.15) is 19.3 Å². The second-order valence-electron chi connectivity index (χ2n) is 29.8. The number of ether oxygens (including phenoxy) is 4. The highest BCUT2D eigenvalue weighted by Gasteiger charge is 2.30. The molecule has 0 amide bonds. The summed E-state index contributed by atoms with van der Waals surface area (Å²) in [7, 11) is -9.91. The van der Waals surface area contributed by atoms with E-state index in [1.165, 1.54) is 238 Å². The van der Waals surface area contributed by atoms with E-state index in [1.807, 2.05) is 0 Å². The molecule has 0 spiro atoms. The third kappa shape index (κ3) is 74.1. The molecule has 19 heteroatoms. The van der Waals surface area contributed by atoms with Crippen LogP contribution in [0.2, 0.25) is 0 Å². The van der Waals surface area contributed by atoms with Crippen molar-refractivity contribution in [2.75, 3.05) is 39.6 Å². The lowest BCUT2D eigenvalue weighted by Crippen LogP contribution is -2.30. The van der Waals surface area contributed by atoms with Gasteiger partial charge in [-0.15, -0.1) is 0 Å². The molecule has 3 N–H and O–H groups in total. The predicted octanol–water partition coefficient (Wildman–Crippen LogP) is 23.9. The summed E-state index contributed by atoms with van der Waals surface area (Å²) in [5.74, 6) is -0.579. The molecule has 5 atom stereocenters. The van der Waals surface area contributed by atoms with Crippen molar-refractivity contribution in [1.29, 1.82) is 0 Å². The highest BCUT2D eigenvalue weighted by Crippen LogP contribution is 2.45. The summed E-state index contributed by atoms with van der Waals surface area (Å²) in [6, 6.07) is 0. The largest absolute Gasteiger partial charge is 0.472 e. The van der Waals surface area contributed by atoms with Crippen LogP contribution in [0, 0.1) is 11.8 Å². The topological polar surface area (TPSA) is 237 Å². The van der Waals surface area contributed by atoms with E-state index in [2.05, 4.69) is 41.5 Å². The number of phosphoric acid groups is 2. The standard InChI is InChI=1S/C80H156O17P2/c1-7-9-11-13-15-17-18-19-20-21-22-23-24-25-26-27-28-33-40-46-52-58-64-79(84)96-76(69-91-78(83)63-57-51-45-39-32-30-29-31-37-42-48-54-60-72(3)4)71-95-99(88,89)93-67-74(81)66-92-98(86,87)94-70-75(68-90-77(82)62-56-50-44-36-16-14-12-10-8-2)97-80(85)65-59-53-47-41-35-34-38-43-49-55-61-73(5)6/h72-76,81H,7-71H2,1-6H3,(H,86,87)(H,88,89)/t74-,75+,76+/m0/s1. The Bertz CT molecular complexity index is 1910. The third-order valence-corrected chi connectivity index (χ3v) is 20.6. The Morgan fingerprint density at radius 3 is 0.687 bits per heavy atom. The maximum Gasteiger partial charge on any atom is 0.472 e. The summed E-state index contributed by atoms with van der Waals surface area (Å²) in [4.78, 5) is 72.9. The molecule has 2 unspecified atom stereocenters. The fourth-order valence-electron chi connectivity index (χ4n) is 12.4. The number of phosphoric ester groups is 2. The van der Waals surface area contributed by atoms with E-state index >= 15 is 0 Å². The average molecular weight is 1450 g/mol. The Balaban J connectivity index is 5.19. The van der Waals surface area contributed by atoms with Crippen LogP contribution in [-0.2, 0) is 65.4 Å². The first kappa shape index (κ1) is 97.1. The van der Waals surface area contributed by atoms with Crippen molar-refractivity contribution in [3.63, 3.8) is 0 Å². The number of esters is 4. The number of hydrogen-bond donors (Lipinski definition) is 3. The molecular formula is C80H156O17P2. The first-order valence-electron chi connectivity index (χ1n) is 41.5. The van der Waals surface area contributed by atoms with Gasteiger partial charge in [-0.05, 0) is 37.5 Å². The van der Waals surface area contributed by atoms with Gasteiger partial charge in [-0.3, -0.25) is 37.3 Å². The summed E-state index contributed by atoms with van der Waals surface area (Å²) in [6.07, 6.45) is 61.2. The molecule has 0 saturated heterocycles. The summed E-state index contributed by atoms with van der Waals surface area (Å²) in [6.45, 7) is 9.61. The van der Waals surface area contributed by atoms with Crippen molar-refractivity contribution < 1.29 is 80.2 Å². The molecule has 0 aliphatic heterocycles. The minimum atomic E-state index is -4.96. The van der Waals surface area contributed by atoms with Crippen LogP contribution in [0.1, 0.15) is 420 Å². The number of rotatable bonds is 79. The van der Waals surface area contributed by atoms with Gasteiger partial charge >= 0.3 is 39.5 Å². The second-order valence-corrected chi connectivity index (χ2v) is 32.7. The van der Waals surface area contributed by atoms with Gasteiger partial charge in [-0.25, -0.2) is 9.13 Å². The zero-order valence-electron chi connectivity index (χ0n) is 64.8. The molecule has 0 rings (SSSR count). The van der Waals surface area contributed by atoms with Crippen LogP contribution >= 0.6 is 15.6 Å². The van der Waals surface area contributed by atoms with Crippen LogP contribution in [0.3, 0.4) is 0 Å². The highest BCUT2D eigenvalue weighted by molar-refractivity contribution is 7.47. The lowest BCUT2D eigenvalue weighted by molar-refractivity contribution is -0.161. The maximum absolute atomic E-state index is 13.1.